The van der Waals surface area contributed by atoms with Crippen LogP contribution in [0.15, 0.2) is 42.7 Å². The lowest BCUT2D eigenvalue weighted by Crippen LogP contribution is -2.21. The Kier molecular flexibility index (Phi) is 4.59. The summed E-state index contributed by atoms with van der Waals surface area (Å²) >= 11 is 0. The number of amides is 2. The second-order valence-corrected chi connectivity index (χ2v) is 6.96. The van der Waals surface area contributed by atoms with Crippen LogP contribution in [0.3, 0.4) is 0 Å². The Morgan fingerprint density at radius 1 is 0.931 bits per heavy atom. The van der Waals surface area contributed by atoms with Gasteiger partial charge in [-0.2, -0.15) is 0 Å². The highest BCUT2D eigenvalue weighted by atomic mass is 16.2. The van der Waals surface area contributed by atoms with Gasteiger partial charge in [0.1, 0.15) is 5.69 Å². The number of H-pyrrole nitrogens is 2. The Bertz CT molecular complexity index is 1240. The van der Waals surface area contributed by atoms with Crippen molar-refractivity contribution in [1.82, 2.24) is 19.9 Å². The number of nitrogens with zero attached hydrogens (tertiary/aromatic N) is 2. The van der Waals surface area contributed by atoms with E-state index in [9.17, 15) is 9.59 Å². The normalized spacial score (nSPS) is 10.9. The smallest absolute Gasteiger partial charge is 0.276 e. The Morgan fingerprint density at radius 2 is 1.69 bits per heavy atom. The van der Waals surface area contributed by atoms with E-state index in [2.05, 4.69) is 30.6 Å². The molecule has 0 radical (unpaired) electrons. The number of rotatable bonds is 4. The van der Waals surface area contributed by atoms with Gasteiger partial charge in [-0.3, -0.25) is 14.9 Å². The highest BCUT2D eigenvalue weighted by Crippen LogP contribution is 2.19. The Balaban J connectivity index is 1.54. The number of aryl methyl sites for hydroxylation is 3. The van der Waals surface area contributed by atoms with Crippen molar-refractivity contribution in [2.75, 3.05) is 10.6 Å². The average molecular weight is 388 g/mol. The van der Waals surface area contributed by atoms with Gasteiger partial charge in [0.25, 0.3) is 11.8 Å². The van der Waals surface area contributed by atoms with Crippen molar-refractivity contribution in [1.29, 1.82) is 0 Å². The molecule has 0 atom stereocenters. The standard InChI is InChI=1S/C21H20N6O2/c1-11-4-6-14(13(3)8-11)24-19(28)17-18(23-10-22-17)20(29)27-21-25-15-7-5-12(2)9-16(15)26-21/h4-10H,1-3H3,(H,22,23)(H,24,28)(H2,25,26,27,29). The van der Waals surface area contributed by atoms with E-state index in [1.807, 2.05) is 57.2 Å². The molecule has 0 aliphatic rings. The van der Waals surface area contributed by atoms with E-state index in [0.717, 1.165) is 27.7 Å². The highest BCUT2D eigenvalue weighted by Gasteiger charge is 2.22. The third kappa shape index (κ3) is 3.73. The topological polar surface area (TPSA) is 116 Å². The fourth-order valence-corrected chi connectivity index (χ4v) is 3.12. The summed E-state index contributed by atoms with van der Waals surface area (Å²) in [4.78, 5) is 39.5. The van der Waals surface area contributed by atoms with Gasteiger partial charge >= 0.3 is 0 Å². The van der Waals surface area contributed by atoms with Gasteiger partial charge in [0.05, 0.1) is 17.4 Å². The molecule has 0 bridgehead atoms. The molecule has 4 aromatic rings. The molecule has 146 valence electrons. The number of aromatic amines is 2. The Hall–Kier alpha value is -3.94. The van der Waals surface area contributed by atoms with Gasteiger partial charge in [-0.05, 0) is 50.1 Å². The van der Waals surface area contributed by atoms with Crippen LogP contribution in [0.5, 0.6) is 0 Å². The van der Waals surface area contributed by atoms with Crippen LogP contribution < -0.4 is 10.6 Å². The molecule has 2 heterocycles. The van der Waals surface area contributed by atoms with Crippen molar-refractivity contribution in [3.05, 3.63) is 70.8 Å². The van der Waals surface area contributed by atoms with Gasteiger partial charge in [0, 0.05) is 5.69 Å². The first-order valence-electron chi connectivity index (χ1n) is 9.10. The molecule has 2 amide bonds. The van der Waals surface area contributed by atoms with Crippen molar-refractivity contribution in [3.63, 3.8) is 0 Å². The molecule has 0 aliphatic carbocycles. The fraction of sp³-hybridized carbons (Fsp3) is 0.143. The van der Waals surface area contributed by atoms with Crippen molar-refractivity contribution in [3.8, 4) is 0 Å². The summed E-state index contributed by atoms with van der Waals surface area (Å²) in [7, 11) is 0. The van der Waals surface area contributed by atoms with Crippen LogP contribution in [0.1, 0.15) is 37.7 Å². The predicted molar refractivity (Wildman–Crippen MR) is 111 cm³/mol. The zero-order valence-electron chi connectivity index (χ0n) is 16.3. The van der Waals surface area contributed by atoms with E-state index in [1.54, 1.807) is 0 Å². The van der Waals surface area contributed by atoms with Crippen LogP contribution in [-0.4, -0.2) is 31.8 Å². The molecule has 29 heavy (non-hydrogen) atoms. The lowest BCUT2D eigenvalue weighted by atomic mass is 10.1. The van der Waals surface area contributed by atoms with Crippen molar-refractivity contribution in [2.45, 2.75) is 20.8 Å². The second-order valence-electron chi connectivity index (χ2n) is 6.96. The zero-order valence-corrected chi connectivity index (χ0v) is 16.3. The maximum Gasteiger partial charge on any atom is 0.276 e. The van der Waals surface area contributed by atoms with E-state index in [4.69, 9.17) is 0 Å². The van der Waals surface area contributed by atoms with Crippen LogP contribution in [-0.2, 0) is 0 Å². The molecule has 0 aliphatic heterocycles. The molecule has 0 saturated carbocycles. The molecule has 0 unspecified atom stereocenters. The number of hydrogen-bond donors (Lipinski definition) is 4. The third-order valence-corrected chi connectivity index (χ3v) is 4.58. The minimum Gasteiger partial charge on any atom is -0.340 e. The zero-order chi connectivity index (χ0) is 20.5. The third-order valence-electron chi connectivity index (χ3n) is 4.58. The summed E-state index contributed by atoms with van der Waals surface area (Å²) in [6.45, 7) is 5.86. The number of anilines is 2. The molecule has 0 saturated heterocycles. The largest absolute Gasteiger partial charge is 0.340 e. The van der Waals surface area contributed by atoms with Gasteiger partial charge in [0.2, 0.25) is 5.95 Å². The molecular weight excluding hydrogens is 368 g/mol. The van der Waals surface area contributed by atoms with Crippen LogP contribution in [0, 0.1) is 20.8 Å². The minimum atomic E-state index is -0.510. The number of nitrogens with one attached hydrogen (secondary N) is 4. The summed E-state index contributed by atoms with van der Waals surface area (Å²) < 4.78 is 0. The first kappa shape index (κ1) is 18.4. The molecule has 4 N–H and O–H groups in total. The number of carbonyl (C=O) groups is 2. The van der Waals surface area contributed by atoms with Gasteiger partial charge in [-0.15, -0.1) is 0 Å². The molecule has 8 nitrogen and oxygen atoms in total. The molecular formula is C21H20N6O2. The molecule has 8 heteroatoms. The lowest BCUT2D eigenvalue weighted by molar-refractivity contribution is 0.0985. The quantitative estimate of drug-likeness (QED) is 0.426. The molecule has 4 rings (SSSR count). The van der Waals surface area contributed by atoms with E-state index in [0.29, 0.717) is 11.6 Å². The van der Waals surface area contributed by atoms with Crippen molar-refractivity contribution < 1.29 is 9.59 Å². The SMILES string of the molecule is Cc1ccc(NC(=O)c2nc[nH]c2C(=O)Nc2nc3cc(C)ccc3[nH]2)c(C)c1. The maximum absolute atomic E-state index is 12.7. The number of fused-ring (bicyclic) bond motifs is 1. The van der Waals surface area contributed by atoms with Crippen LogP contribution in [0.25, 0.3) is 11.0 Å². The van der Waals surface area contributed by atoms with E-state index in [-0.39, 0.29) is 11.4 Å². The average Bonchev–Trinajstić information content (AvgIpc) is 3.30. The highest BCUT2D eigenvalue weighted by molar-refractivity contribution is 6.13. The Morgan fingerprint density at radius 3 is 2.48 bits per heavy atom. The lowest BCUT2D eigenvalue weighted by Gasteiger charge is -2.09. The van der Waals surface area contributed by atoms with Gasteiger partial charge in [-0.25, -0.2) is 9.97 Å². The van der Waals surface area contributed by atoms with Crippen molar-refractivity contribution in [2.24, 2.45) is 0 Å². The second kappa shape index (κ2) is 7.23. The van der Waals surface area contributed by atoms with Gasteiger partial charge in [-0.1, -0.05) is 23.8 Å². The number of aromatic nitrogens is 4. The van der Waals surface area contributed by atoms with Crippen molar-refractivity contribution >= 4 is 34.5 Å². The van der Waals surface area contributed by atoms with E-state index in [1.165, 1.54) is 6.33 Å². The van der Waals surface area contributed by atoms with Gasteiger partial charge < -0.3 is 15.3 Å². The molecule has 2 aromatic carbocycles. The minimum absolute atomic E-state index is 0.00873. The molecule has 2 aromatic heterocycles. The van der Waals surface area contributed by atoms with Crippen LogP contribution in [0.2, 0.25) is 0 Å². The molecule has 0 spiro atoms. The summed E-state index contributed by atoms with van der Waals surface area (Å²) in [6, 6.07) is 11.5. The summed E-state index contributed by atoms with van der Waals surface area (Å²) in [5.41, 5.74) is 5.39. The van der Waals surface area contributed by atoms with Gasteiger partial charge in [0.15, 0.2) is 5.69 Å². The summed E-state index contributed by atoms with van der Waals surface area (Å²) in [5, 5.41) is 5.48. The fourth-order valence-electron chi connectivity index (χ4n) is 3.12. The van der Waals surface area contributed by atoms with Crippen LogP contribution >= 0.6 is 0 Å². The number of carbonyl (C=O) groups excluding carboxylic acids is 2. The summed E-state index contributed by atoms with van der Waals surface area (Å²) in [6.07, 6.45) is 1.31. The monoisotopic (exact) mass is 388 g/mol. The van der Waals surface area contributed by atoms with Crippen LogP contribution in [0.4, 0.5) is 11.6 Å². The number of benzene rings is 2. The number of hydrogen-bond acceptors (Lipinski definition) is 4. The summed E-state index contributed by atoms with van der Waals surface area (Å²) in [5.74, 6) is -0.682. The first-order valence-corrected chi connectivity index (χ1v) is 9.10. The Labute approximate surface area is 166 Å². The van der Waals surface area contributed by atoms with E-state index >= 15 is 0 Å². The molecule has 0 fully saturated rings. The first-order chi connectivity index (χ1) is 13.9. The predicted octanol–water partition coefficient (Wildman–Crippen LogP) is 3.72. The maximum atomic E-state index is 12.7. The number of imidazole rings is 2. The van der Waals surface area contributed by atoms with E-state index < -0.39 is 11.8 Å².